The van der Waals surface area contributed by atoms with E-state index in [1.54, 1.807) is 0 Å². The lowest BCUT2D eigenvalue weighted by molar-refractivity contribution is 0.0151. The van der Waals surface area contributed by atoms with Gasteiger partial charge in [0.25, 0.3) is 0 Å². The predicted octanol–water partition coefficient (Wildman–Crippen LogP) is 0.993. The van der Waals surface area contributed by atoms with E-state index >= 15 is 0 Å². The molecule has 0 aromatic rings. The molecule has 0 aliphatic heterocycles. The average molecular weight is 284 g/mol. The maximum absolute atomic E-state index is 5.36. The zero-order chi connectivity index (χ0) is 11.4. The number of ether oxygens (including phenoxy) is 3. The molecule has 0 amide bonds. The van der Waals surface area contributed by atoms with Gasteiger partial charge in [-0.15, -0.1) is 0 Å². The SMILES string of the molecule is CN(C)CCOCCOCCOCCBr. The lowest BCUT2D eigenvalue weighted by Gasteiger charge is -2.10. The number of rotatable bonds is 11. The lowest BCUT2D eigenvalue weighted by Crippen LogP contribution is -2.19. The summed E-state index contributed by atoms with van der Waals surface area (Å²) in [7, 11) is 4.06. The van der Waals surface area contributed by atoms with E-state index in [2.05, 4.69) is 20.8 Å². The number of hydrogen-bond donors (Lipinski definition) is 0. The fourth-order valence-electron chi connectivity index (χ4n) is 0.844. The number of nitrogens with zero attached hydrogens (tertiary/aromatic N) is 1. The Balaban J connectivity index is 2.87. The molecule has 5 heteroatoms. The smallest absolute Gasteiger partial charge is 0.0701 e. The topological polar surface area (TPSA) is 30.9 Å². The molecule has 92 valence electrons. The molecule has 0 aromatic heterocycles. The fourth-order valence-corrected chi connectivity index (χ4v) is 1.07. The van der Waals surface area contributed by atoms with E-state index in [9.17, 15) is 0 Å². The van der Waals surface area contributed by atoms with Gasteiger partial charge in [0.05, 0.1) is 39.6 Å². The van der Waals surface area contributed by atoms with E-state index in [0.29, 0.717) is 26.4 Å². The largest absolute Gasteiger partial charge is 0.378 e. The highest BCUT2D eigenvalue weighted by atomic mass is 79.9. The van der Waals surface area contributed by atoms with Gasteiger partial charge in [-0.25, -0.2) is 0 Å². The summed E-state index contributed by atoms with van der Waals surface area (Å²) in [4.78, 5) is 2.09. The van der Waals surface area contributed by atoms with Gasteiger partial charge in [0.2, 0.25) is 0 Å². The van der Waals surface area contributed by atoms with Gasteiger partial charge in [0.15, 0.2) is 0 Å². The summed E-state index contributed by atoms with van der Waals surface area (Å²) in [6.07, 6.45) is 0. The second kappa shape index (κ2) is 12.4. The van der Waals surface area contributed by atoms with Crippen molar-refractivity contribution in [2.75, 3.05) is 65.6 Å². The van der Waals surface area contributed by atoms with Crippen LogP contribution in [0.5, 0.6) is 0 Å². The summed E-state index contributed by atoms with van der Waals surface area (Å²) in [5, 5.41) is 0.876. The zero-order valence-corrected chi connectivity index (χ0v) is 11.3. The van der Waals surface area contributed by atoms with Gasteiger partial charge >= 0.3 is 0 Å². The molecule has 4 nitrogen and oxygen atoms in total. The predicted molar refractivity (Wildman–Crippen MR) is 64.8 cm³/mol. The Morgan fingerprint density at radius 2 is 1.27 bits per heavy atom. The quantitative estimate of drug-likeness (QED) is 0.418. The molecule has 0 aliphatic carbocycles. The molecule has 0 fully saturated rings. The summed E-state index contributed by atoms with van der Waals surface area (Å²) in [6, 6.07) is 0. The van der Waals surface area contributed by atoms with Gasteiger partial charge in [0, 0.05) is 11.9 Å². The van der Waals surface area contributed by atoms with E-state index in [1.165, 1.54) is 0 Å². The van der Waals surface area contributed by atoms with Crippen LogP contribution in [0.25, 0.3) is 0 Å². The van der Waals surface area contributed by atoms with E-state index in [0.717, 1.165) is 25.1 Å². The summed E-state index contributed by atoms with van der Waals surface area (Å²) in [5.41, 5.74) is 0. The maximum Gasteiger partial charge on any atom is 0.0701 e. The van der Waals surface area contributed by atoms with Crippen LogP contribution in [0.4, 0.5) is 0 Å². The molecule has 0 radical (unpaired) electrons. The van der Waals surface area contributed by atoms with Crippen molar-refractivity contribution in [2.45, 2.75) is 0 Å². The van der Waals surface area contributed by atoms with Crippen LogP contribution in [-0.2, 0) is 14.2 Å². The van der Waals surface area contributed by atoms with Crippen molar-refractivity contribution in [3.05, 3.63) is 0 Å². The van der Waals surface area contributed by atoms with Gasteiger partial charge in [0.1, 0.15) is 0 Å². The van der Waals surface area contributed by atoms with Crippen molar-refractivity contribution in [1.82, 2.24) is 4.90 Å². The van der Waals surface area contributed by atoms with Crippen molar-refractivity contribution in [1.29, 1.82) is 0 Å². The fraction of sp³-hybridized carbons (Fsp3) is 1.00. The van der Waals surface area contributed by atoms with Crippen LogP contribution in [0.2, 0.25) is 0 Å². The van der Waals surface area contributed by atoms with Crippen molar-refractivity contribution in [3.63, 3.8) is 0 Å². The van der Waals surface area contributed by atoms with E-state index in [-0.39, 0.29) is 0 Å². The number of alkyl halides is 1. The van der Waals surface area contributed by atoms with Crippen molar-refractivity contribution < 1.29 is 14.2 Å². The van der Waals surface area contributed by atoms with Crippen molar-refractivity contribution >= 4 is 15.9 Å². The number of halogens is 1. The highest BCUT2D eigenvalue weighted by Gasteiger charge is 1.92. The molecule has 0 spiro atoms. The highest BCUT2D eigenvalue weighted by Crippen LogP contribution is 1.84. The molecule has 0 aliphatic rings. The van der Waals surface area contributed by atoms with Crippen LogP contribution in [0.3, 0.4) is 0 Å². The molecule has 0 N–H and O–H groups in total. The first-order chi connectivity index (χ1) is 7.27. The Labute approximate surface area is 101 Å². The standard InChI is InChI=1S/C10H22BrNO3/c1-12(2)4-6-14-8-10-15-9-7-13-5-3-11/h3-10H2,1-2H3. The first-order valence-electron chi connectivity index (χ1n) is 5.21. The minimum Gasteiger partial charge on any atom is -0.378 e. The summed E-state index contributed by atoms with van der Waals surface area (Å²) in [6.45, 7) is 5.05. The molecule has 0 bridgehead atoms. The minimum absolute atomic E-state index is 0.643. The van der Waals surface area contributed by atoms with Crippen LogP contribution in [0.1, 0.15) is 0 Å². The minimum atomic E-state index is 0.643. The maximum atomic E-state index is 5.36. The van der Waals surface area contributed by atoms with Gasteiger partial charge in [-0.05, 0) is 14.1 Å². The van der Waals surface area contributed by atoms with Crippen LogP contribution in [0, 0.1) is 0 Å². The Hall–Kier alpha value is 0.320. The van der Waals surface area contributed by atoms with Gasteiger partial charge < -0.3 is 19.1 Å². The summed E-state index contributed by atoms with van der Waals surface area (Å²) < 4.78 is 15.9. The monoisotopic (exact) mass is 283 g/mol. The van der Waals surface area contributed by atoms with Gasteiger partial charge in [-0.2, -0.15) is 0 Å². The molecule has 0 aromatic carbocycles. The number of likely N-dealkylation sites (N-methyl/N-ethyl adjacent to an activating group) is 1. The molecule has 0 heterocycles. The van der Waals surface area contributed by atoms with Crippen molar-refractivity contribution in [3.8, 4) is 0 Å². The van der Waals surface area contributed by atoms with Crippen LogP contribution in [0.15, 0.2) is 0 Å². The third kappa shape index (κ3) is 14.3. The molecule has 0 saturated heterocycles. The molecule has 15 heavy (non-hydrogen) atoms. The molecule has 0 unspecified atom stereocenters. The van der Waals surface area contributed by atoms with E-state index in [4.69, 9.17) is 14.2 Å². The zero-order valence-electron chi connectivity index (χ0n) is 9.71. The Bertz CT molecular complexity index is 125. The van der Waals surface area contributed by atoms with Gasteiger partial charge in [-0.3, -0.25) is 0 Å². The highest BCUT2D eigenvalue weighted by molar-refractivity contribution is 9.09. The van der Waals surface area contributed by atoms with Crippen LogP contribution in [-0.4, -0.2) is 70.5 Å². The molecular weight excluding hydrogens is 262 g/mol. The first-order valence-corrected chi connectivity index (χ1v) is 6.33. The normalized spacial score (nSPS) is 11.2. The summed E-state index contributed by atoms with van der Waals surface area (Å²) >= 11 is 3.28. The van der Waals surface area contributed by atoms with Crippen LogP contribution >= 0.6 is 15.9 Å². The average Bonchev–Trinajstić information content (AvgIpc) is 2.20. The third-order valence-electron chi connectivity index (χ3n) is 1.65. The lowest BCUT2D eigenvalue weighted by atomic mass is 10.6. The summed E-state index contributed by atoms with van der Waals surface area (Å²) in [5.74, 6) is 0. The molecule has 0 rings (SSSR count). The van der Waals surface area contributed by atoms with Gasteiger partial charge in [-0.1, -0.05) is 15.9 Å². The first kappa shape index (κ1) is 15.3. The van der Waals surface area contributed by atoms with Crippen molar-refractivity contribution in [2.24, 2.45) is 0 Å². The second-order valence-electron chi connectivity index (χ2n) is 3.33. The third-order valence-corrected chi connectivity index (χ3v) is 1.97. The molecule has 0 saturated carbocycles. The van der Waals surface area contributed by atoms with E-state index < -0.39 is 0 Å². The Kier molecular flexibility index (Phi) is 12.7. The van der Waals surface area contributed by atoms with E-state index in [1.807, 2.05) is 14.1 Å². The van der Waals surface area contributed by atoms with Crippen LogP contribution < -0.4 is 0 Å². The molecule has 0 atom stereocenters. The molecular formula is C10H22BrNO3. The number of hydrogen-bond acceptors (Lipinski definition) is 4. The second-order valence-corrected chi connectivity index (χ2v) is 4.12. The Morgan fingerprint density at radius 1 is 0.800 bits per heavy atom. The Morgan fingerprint density at radius 3 is 1.73 bits per heavy atom.